The lowest BCUT2D eigenvalue weighted by Crippen LogP contribution is -2.33. The van der Waals surface area contributed by atoms with E-state index in [-0.39, 0.29) is 12.0 Å². The Hall–Kier alpha value is -2.82. The minimum absolute atomic E-state index is 0.0622. The number of aromatic nitrogens is 2. The fourth-order valence-corrected chi connectivity index (χ4v) is 3.73. The summed E-state index contributed by atoms with van der Waals surface area (Å²) in [5.74, 6) is 1.88. The van der Waals surface area contributed by atoms with Crippen molar-refractivity contribution < 1.29 is 9.53 Å². The molecule has 4 rings (SSSR count). The van der Waals surface area contributed by atoms with Gasteiger partial charge in [0, 0.05) is 31.5 Å². The van der Waals surface area contributed by atoms with Crippen molar-refractivity contribution in [1.82, 2.24) is 14.9 Å². The van der Waals surface area contributed by atoms with Crippen LogP contribution < -0.4 is 4.74 Å². The molecule has 27 heavy (non-hydrogen) atoms. The number of carbonyl (C=O) groups excluding carboxylic acids is 1. The summed E-state index contributed by atoms with van der Waals surface area (Å²) < 4.78 is 5.73. The summed E-state index contributed by atoms with van der Waals surface area (Å²) in [6.45, 7) is 7.43. The largest absolute Gasteiger partial charge is 0.490 e. The van der Waals surface area contributed by atoms with Crippen LogP contribution in [0.2, 0.25) is 0 Å². The molecule has 1 aliphatic rings. The van der Waals surface area contributed by atoms with Gasteiger partial charge in [-0.1, -0.05) is 12.1 Å². The third-order valence-electron chi connectivity index (χ3n) is 5.19. The van der Waals surface area contributed by atoms with Crippen molar-refractivity contribution in [3.05, 3.63) is 58.9 Å². The van der Waals surface area contributed by atoms with E-state index in [4.69, 9.17) is 9.72 Å². The standard InChI is InChI=1S/C22H25N3O2/c1-4-25(11-10-20-23-18-7-5-6-14(2)21(18)24-20)22(26)16-8-9-19-17(13-16)12-15(3)27-19/h5-9,13,15H,4,10-12H2,1-3H3,(H,23,24)/t15-/m0/s1. The molecule has 0 saturated heterocycles. The van der Waals surface area contributed by atoms with Crippen LogP contribution >= 0.6 is 0 Å². The summed E-state index contributed by atoms with van der Waals surface area (Å²) in [5.41, 5.74) is 5.07. The van der Waals surface area contributed by atoms with E-state index in [1.165, 1.54) is 0 Å². The Morgan fingerprint density at radius 3 is 2.96 bits per heavy atom. The summed E-state index contributed by atoms with van der Waals surface area (Å²) in [6.07, 6.45) is 1.75. The van der Waals surface area contributed by atoms with E-state index in [1.54, 1.807) is 0 Å². The second kappa shape index (κ2) is 7.06. The number of hydrogen-bond donors (Lipinski definition) is 1. The summed E-state index contributed by atoms with van der Waals surface area (Å²) in [7, 11) is 0. The molecule has 1 N–H and O–H groups in total. The fourth-order valence-electron chi connectivity index (χ4n) is 3.73. The van der Waals surface area contributed by atoms with Gasteiger partial charge < -0.3 is 14.6 Å². The number of H-pyrrole nitrogens is 1. The lowest BCUT2D eigenvalue weighted by atomic mass is 10.1. The highest BCUT2D eigenvalue weighted by Crippen LogP contribution is 2.29. The molecule has 0 bridgehead atoms. The van der Waals surface area contributed by atoms with E-state index in [0.717, 1.165) is 45.7 Å². The third kappa shape index (κ3) is 3.42. The Bertz CT molecular complexity index is 992. The highest BCUT2D eigenvalue weighted by Gasteiger charge is 2.22. The van der Waals surface area contributed by atoms with Crippen molar-refractivity contribution in [3.63, 3.8) is 0 Å². The lowest BCUT2D eigenvalue weighted by molar-refractivity contribution is 0.0765. The van der Waals surface area contributed by atoms with Crippen molar-refractivity contribution in [2.24, 2.45) is 0 Å². The smallest absolute Gasteiger partial charge is 0.253 e. The molecule has 1 aromatic heterocycles. The maximum absolute atomic E-state index is 13.0. The van der Waals surface area contributed by atoms with Crippen LogP contribution in [0.1, 0.15) is 41.2 Å². The first-order valence-electron chi connectivity index (χ1n) is 9.58. The Balaban J connectivity index is 1.47. The Morgan fingerprint density at radius 1 is 1.33 bits per heavy atom. The topological polar surface area (TPSA) is 58.2 Å². The van der Waals surface area contributed by atoms with Gasteiger partial charge >= 0.3 is 0 Å². The Morgan fingerprint density at radius 2 is 2.19 bits per heavy atom. The van der Waals surface area contributed by atoms with E-state index in [1.807, 2.05) is 42.2 Å². The lowest BCUT2D eigenvalue weighted by Gasteiger charge is -2.20. The van der Waals surface area contributed by atoms with E-state index in [9.17, 15) is 4.79 Å². The number of aromatic amines is 1. The summed E-state index contributed by atoms with van der Waals surface area (Å²) in [6, 6.07) is 11.9. The van der Waals surface area contributed by atoms with E-state index < -0.39 is 0 Å². The molecule has 1 aliphatic heterocycles. The maximum Gasteiger partial charge on any atom is 0.253 e. The molecule has 5 nitrogen and oxygen atoms in total. The van der Waals surface area contributed by atoms with Gasteiger partial charge in [-0.05, 0) is 56.2 Å². The minimum Gasteiger partial charge on any atom is -0.490 e. The first-order chi connectivity index (χ1) is 13.0. The normalized spacial score (nSPS) is 15.6. The summed E-state index contributed by atoms with van der Waals surface area (Å²) in [4.78, 5) is 22.9. The first kappa shape index (κ1) is 17.6. The van der Waals surface area contributed by atoms with Crippen molar-refractivity contribution in [1.29, 1.82) is 0 Å². The van der Waals surface area contributed by atoms with Crippen LogP contribution in [0.15, 0.2) is 36.4 Å². The minimum atomic E-state index is 0.0622. The quantitative estimate of drug-likeness (QED) is 0.748. The van der Waals surface area contributed by atoms with Crippen molar-refractivity contribution in [2.45, 2.75) is 39.7 Å². The SMILES string of the molecule is CCN(CCc1nc2c(C)cccc2[nH]1)C(=O)c1ccc2c(c1)C[C@H](C)O2. The zero-order valence-corrected chi connectivity index (χ0v) is 16.1. The number of para-hydroxylation sites is 1. The first-order valence-corrected chi connectivity index (χ1v) is 9.58. The van der Waals surface area contributed by atoms with Crippen LogP contribution in [0.5, 0.6) is 5.75 Å². The van der Waals surface area contributed by atoms with Crippen LogP contribution in [0.25, 0.3) is 11.0 Å². The Labute approximate surface area is 159 Å². The van der Waals surface area contributed by atoms with Crippen molar-refractivity contribution >= 4 is 16.9 Å². The number of carbonyl (C=O) groups is 1. The van der Waals surface area contributed by atoms with Gasteiger partial charge in [-0.3, -0.25) is 4.79 Å². The molecular formula is C22H25N3O2. The average molecular weight is 363 g/mol. The molecule has 0 unspecified atom stereocenters. The number of hydrogen-bond acceptors (Lipinski definition) is 3. The van der Waals surface area contributed by atoms with Gasteiger partial charge in [0.25, 0.3) is 5.91 Å². The summed E-state index contributed by atoms with van der Waals surface area (Å²) >= 11 is 0. The van der Waals surface area contributed by atoms with Crippen LogP contribution in [0.4, 0.5) is 0 Å². The van der Waals surface area contributed by atoms with Crippen LogP contribution in [0, 0.1) is 6.92 Å². The van der Waals surface area contributed by atoms with Crippen LogP contribution in [-0.2, 0) is 12.8 Å². The Kier molecular flexibility index (Phi) is 4.60. The number of nitrogens with zero attached hydrogens (tertiary/aromatic N) is 2. The molecule has 2 aromatic carbocycles. The number of fused-ring (bicyclic) bond motifs is 2. The molecule has 1 atom stereocenters. The zero-order valence-electron chi connectivity index (χ0n) is 16.1. The van der Waals surface area contributed by atoms with Gasteiger partial charge in [0.05, 0.1) is 11.0 Å². The molecule has 0 aliphatic carbocycles. The molecule has 3 aromatic rings. The molecule has 140 valence electrons. The van der Waals surface area contributed by atoms with Gasteiger partial charge in [-0.25, -0.2) is 4.98 Å². The monoisotopic (exact) mass is 363 g/mol. The highest BCUT2D eigenvalue weighted by atomic mass is 16.5. The van der Waals surface area contributed by atoms with E-state index >= 15 is 0 Å². The number of likely N-dealkylation sites (N-methyl/N-ethyl adjacent to an activating group) is 1. The third-order valence-corrected chi connectivity index (χ3v) is 5.19. The predicted octanol–water partition coefficient (Wildman–Crippen LogP) is 3.90. The number of amides is 1. The number of rotatable bonds is 5. The van der Waals surface area contributed by atoms with Crippen molar-refractivity contribution in [3.8, 4) is 5.75 Å². The maximum atomic E-state index is 13.0. The van der Waals surface area contributed by atoms with Gasteiger partial charge in [0.15, 0.2) is 0 Å². The van der Waals surface area contributed by atoms with E-state index in [0.29, 0.717) is 19.5 Å². The number of ether oxygens (including phenoxy) is 1. The molecule has 0 radical (unpaired) electrons. The molecule has 2 heterocycles. The molecular weight excluding hydrogens is 338 g/mol. The number of aryl methyl sites for hydroxylation is 1. The van der Waals surface area contributed by atoms with Crippen molar-refractivity contribution in [2.75, 3.05) is 13.1 Å². The molecule has 1 amide bonds. The second-order valence-corrected chi connectivity index (χ2v) is 7.24. The average Bonchev–Trinajstić information content (AvgIpc) is 3.24. The number of benzene rings is 2. The van der Waals surface area contributed by atoms with E-state index in [2.05, 4.69) is 24.9 Å². The van der Waals surface area contributed by atoms with Gasteiger partial charge in [0.2, 0.25) is 0 Å². The molecule has 5 heteroatoms. The number of imidazole rings is 1. The zero-order chi connectivity index (χ0) is 19.0. The van der Waals surface area contributed by atoms with Gasteiger partial charge in [-0.15, -0.1) is 0 Å². The number of nitrogens with one attached hydrogen (secondary N) is 1. The summed E-state index contributed by atoms with van der Waals surface area (Å²) in [5, 5.41) is 0. The second-order valence-electron chi connectivity index (χ2n) is 7.24. The molecule has 0 saturated carbocycles. The highest BCUT2D eigenvalue weighted by molar-refractivity contribution is 5.94. The molecule has 0 spiro atoms. The van der Waals surface area contributed by atoms with Crippen LogP contribution in [0.3, 0.4) is 0 Å². The van der Waals surface area contributed by atoms with Crippen LogP contribution in [-0.4, -0.2) is 40.0 Å². The fraction of sp³-hybridized carbons (Fsp3) is 0.364. The van der Waals surface area contributed by atoms with Gasteiger partial charge in [0.1, 0.15) is 17.7 Å². The predicted molar refractivity (Wildman–Crippen MR) is 106 cm³/mol. The van der Waals surface area contributed by atoms with Gasteiger partial charge in [-0.2, -0.15) is 0 Å². The molecule has 0 fully saturated rings.